The van der Waals surface area contributed by atoms with Crippen molar-refractivity contribution in [2.24, 2.45) is 11.8 Å². The van der Waals surface area contributed by atoms with Gasteiger partial charge in [0.15, 0.2) is 11.5 Å². The summed E-state index contributed by atoms with van der Waals surface area (Å²) in [6.45, 7) is 7.55. The number of amides is 3. The highest BCUT2D eigenvalue weighted by atomic mass is 16.6. The standard InChI is InChI=1S/C23H34N4O7.C7H8/c1-13(2)7-16(20(29)23(3)12-33-23)25-19(28)10-24-21(30)18(11-32-4)26-22(31)17-9-15(34-27-17)8-14-5-6-14;1-7-5-3-2-4-6-7/h9,13-14,16,18H,5-8,10-12H2,1-4H3,(H,24,30)(H,25,28)(H,26,31);2-6H,1H3/t16-,18-,23+;/m0./s1. The van der Waals surface area contributed by atoms with E-state index in [1.165, 1.54) is 12.7 Å². The minimum Gasteiger partial charge on any atom is -0.382 e. The van der Waals surface area contributed by atoms with E-state index in [4.69, 9.17) is 14.0 Å². The molecule has 3 N–H and O–H groups in total. The van der Waals surface area contributed by atoms with Crippen molar-refractivity contribution in [3.05, 3.63) is 53.4 Å². The molecule has 1 aromatic carbocycles. The summed E-state index contributed by atoms with van der Waals surface area (Å²) in [5.74, 6) is -0.484. The lowest BCUT2D eigenvalue weighted by Gasteiger charge is -2.22. The second kappa shape index (κ2) is 14.9. The summed E-state index contributed by atoms with van der Waals surface area (Å²) in [6.07, 6.45) is 3.49. The number of hydrogen-bond donors (Lipinski definition) is 3. The van der Waals surface area contributed by atoms with Crippen molar-refractivity contribution in [1.29, 1.82) is 0 Å². The molecule has 0 bridgehead atoms. The number of benzene rings is 1. The molecule has 1 aromatic heterocycles. The van der Waals surface area contributed by atoms with Crippen molar-refractivity contribution in [3.8, 4) is 0 Å². The fraction of sp³-hybridized carbons (Fsp3) is 0.567. The van der Waals surface area contributed by atoms with Gasteiger partial charge in [0.25, 0.3) is 5.91 Å². The van der Waals surface area contributed by atoms with E-state index in [2.05, 4.69) is 40.2 Å². The fourth-order valence-electron chi connectivity index (χ4n) is 4.10. The molecule has 11 nitrogen and oxygen atoms in total. The van der Waals surface area contributed by atoms with Crippen LogP contribution in [0.3, 0.4) is 0 Å². The Morgan fingerprint density at radius 2 is 1.78 bits per heavy atom. The number of rotatable bonds is 14. The summed E-state index contributed by atoms with van der Waals surface area (Å²) in [4.78, 5) is 50.2. The summed E-state index contributed by atoms with van der Waals surface area (Å²) in [6, 6.07) is 10.1. The number of ketones is 1. The Morgan fingerprint density at radius 1 is 1.10 bits per heavy atom. The number of carbonyl (C=O) groups excluding carboxylic acids is 4. The van der Waals surface area contributed by atoms with Crippen LogP contribution in [-0.2, 0) is 30.3 Å². The zero-order valence-corrected chi connectivity index (χ0v) is 24.5. The van der Waals surface area contributed by atoms with Gasteiger partial charge >= 0.3 is 0 Å². The molecule has 1 aliphatic heterocycles. The molecule has 0 unspecified atom stereocenters. The number of Topliss-reactive ketones (excluding diaryl/α,β-unsaturated/α-hetero) is 1. The molecule has 1 saturated heterocycles. The molecule has 3 amide bonds. The normalized spacial score (nSPS) is 18.9. The molecule has 2 fully saturated rings. The number of carbonyl (C=O) groups is 4. The van der Waals surface area contributed by atoms with Crippen LogP contribution in [0, 0.1) is 18.8 Å². The van der Waals surface area contributed by atoms with Gasteiger partial charge in [0, 0.05) is 19.6 Å². The van der Waals surface area contributed by atoms with Crippen molar-refractivity contribution >= 4 is 23.5 Å². The summed E-state index contributed by atoms with van der Waals surface area (Å²) >= 11 is 0. The number of epoxide rings is 1. The second-order valence-corrected chi connectivity index (χ2v) is 11.3. The van der Waals surface area contributed by atoms with Crippen molar-refractivity contribution in [3.63, 3.8) is 0 Å². The van der Waals surface area contributed by atoms with Crippen molar-refractivity contribution in [2.45, 2.75) is 71.1 Å². The summed E-state index contributed by atoms with van der Waals surface area (Å²) in [5.41, 5.74) is 0.541. The minimum atomic E-state index is -1.04. The van der Waals surface area contributed by atoms with Gasteiger partial charge in [-0.3, -0.25) is 19.2 Å². The van der Waals surface area contributed by atoms with Gasteiger partial charge < -0.3 is 29.9 Å². The molecule has 1 saturated carbocycles. The van der Waals surface area contributed by atoms with E-state index in [0.717, 1.165) is 19.3 Å². The first-order valence-corrected chi connectivity index (χ1v) is 14.0. The number of aryl methyl sites for hydroxylation is 1. The Hall–Kier alpha value is -3.57. The lowest BCUT2D eigenvalue weighted by atomic mass is 9.93. The van der Waals surface area contributed by atoms with Gasteiger partial charge in [0.2, 0.25) is 11.8 Å². The van der Waals surface area contributed by atoms with Crippen LogP contribution in [0.5, 0.6) is 0 Å². The lowest BCUT2D eigenvalue weighted by molar-refractivity contribution is -0.131. The molecule has 0 spiro atoms. The van der Waals surface area contributed by atoms with E-state index >= 15 is 0 Å². The Labute approximate surface area is 241 Å². The van der Waals surface area contributed by atoms with Crippen LogP contribution in [0.15, 0.2) is 40.9 Å². The number of hydrogen-bond acceptors (Lipinski definition) is 8. The van der Waals surface area contributed by atoms with Crippen LogP contribution in [0.4, 0.5) is 0 Å². The number of methoxy groups -OCH3 is 1. The van der Waals surface area contributed by atoms with E-state index < -0.39 is 35.4 Å². The molecule has 2 heterocycles. The molecule has 1 aliphatic carbocycles. The number of nitrogens with zero attached hydrogens (tertiary/aromatic N) is 1. The first-order chi connectivity index (χ1) is 19.5. The van der Waals surface area contributed by atoms with Crippen LogP contribution in [0.2, 0.25) is 0 Å². The van der Waals surface area contributed by atoms with Gasteiger partial charge in [-0.05, 0) is 44.9 Å². The third kappa shape index (κ3) is 10.7. The van der Waals surface area contributed by atoms with Crippen LogP contribution < -0.4 is 16.0 Å². The molecule has 4 rings (SSSR count). The molecule has 3 atom stereocenters. The minimum absolute atomic E-state index is 0.0770. The topological polar surface area (TPSA) is 152 Å². The summed E-state index contributed by atoms with van der Waals surface area (Å²) in [5, 5.41) is 11.5. The Morgan fingerprint density at radius 3 is 2.32 bits per heavy atom. The SMILES string of the molecule is COC[C@H](NC(=O)c1cc(CC2CC2)on1)C(=O)NCC(=O)N[C@@H](CC(C)C)C(=O)[C@@]1(C)CO1.Cc1ccccc1. The molecule has 2 aromatic rings. The van der Waals surface area contributed by atoms with E-state index in [0.29, 0.717) is 24.7 Å². The van der Waals surface area contributed by atoms with Crippen molar-refractivity contribution < 1.29 is 33.2 Å². The molecule has 11 heteroatoms. The zero-order valence-electron chi connectivity index (χ0n) is 24.5. The third-order valence-electron chi connectivity index (χ3n) is 6.75. The number of ether oxygens (including phenoxy) is 2. The predicted octanol–water partition coefficient (Wildman–Crippen LogP) is 2.37. The summed E-state index contributed by atoms with van der Waals surface area (Å²) < 4.78 is 15.5. The smallest absolute Gasteiger partial charge is 0.274 e. The average Bonchev–Trinajstić information content (AvgIpc) is 3.85. The monoisotopic (exact) mass is 570 g/mol. The van der Waals surface area contributed by atoms with Gasteiger partial charge in [-0.25, -0.2) is 0 Å². The Balaban J connectivity index is 0.000000575. The molecule has 0 radical (unpaired) electrons. The zero-order chi connectivity index (χ0) is 30.0. The van der Waals surface area contributed by atoms with Crippen molar-refractivity contribution in [1.82, 2.24) is 21.1 Å². The van der Waals surface area contributed by atoms with Crippen LogP contribution in [-0.4, -0.2) is 73.2 Å². The van der Waals surface area contributed by atoms with Crippen LogP contribution >= 0.6 is 0 Å². The van der Waals surface area contributed by atoms with E-state index in [1.807, 2.05) is 32.0 Å². The van der Waals surface area contributed by atoms with Gasteiger partial charge in [0.05, 0.1) is 25.8 Å². The molecule has 224 valence electrons. The molecular formula is C30H42N4O7. The van der Waals surface area contributed by atoms with Gasteiger partial charge in [-0.2, -0.15) is 0 Å². The predicted molar refractivity (Wildman–Crippen MR) is 151 cm³/mol. The highest BCUT2D eigenvalue weighted by Crippen LogP contribution is 2.32. The Bertz CT molecular complexity index is 1170. The van der Waals surface area contributed by atoms with Crippen molar-refractivity contribution in [2.75, 3.05) is 26.9 Å². The van der Waals surface area contributed by atoms with Gasteiger partial charge in [-0.15, -0.1) is 0 Å². The maximum atomic E-state index is 12.6. The maximum Gasteiger partial charge on any atom is 0.274 e. The van der Waals surface area contributed by atoms with Gasteiger partial charge in [0.1, 0.15) is 17.4 Å². The number of aromatic nitrogens is 1. The van der Waals surface area contributed by atoms with E-state index in [9.17, 15) is 19.2 Å². The first kappa shape index (κ1) is 32.0. The highest BCUT2D eigenvalue weighted by Gasteiger charge is 2.50. The molecule has 41 heavy (non-hydrogen) atoms. The fourth-order valence-corrected chi connectivity index (χ4v) is 4.10. The third-order valence-corrected chi connectivity index (χ3v) is 6.75. The largest absolute Gasteiger partial charge is 0.382 e. The van der Waals surface area contributed by atoms with E-state index in [1.54, 1.807) is 13.0 Å². The quantitative estimate of drug-likeness (QED) is 0.293. The maximum absolute atomic E-state index is 12.6. The number of nitrogens with one attached hydrogen (secondary N) is 3. The molecule has 2 aliphatic rings. The van der Waals surface area contributed by atoms with Crippen LogP contribution in [0.1, 0.15) is 61.8 Å². The lowest BCUT2D eigenvalue weighted by Crippen LogP contribution is -2.53. The average molecular weight is 571 g/mol. The highest BCUT2D eigenvalue weighted by molar-refractivity contribution is 5.98. The van der Waals surface area contributed by atoms with Crippen LogP contribution in [0.25, 0.3) is 0 Å². The van der Waals surface area contributed by atoms with Gasteiger partial charge in [-0.1, -0.05) is 54.9 Å². The van der Waals surface area contributed by atoms with E-state index in [-0.39, 0.29) is 30.5 Å². The Kier molecular flexibility index (Phi) is 11.6. The molecular weight excluding hydrogens is 528 g/mol. The first-order valence-electron chi connectivity index (χ1n) is 14.0. The summed E-state index contributed by atoms with van der Waals surface area (Å²) in [7, 11) is 1.39. The second-order valence-electron chi connectivity index (χ2n) is 11.3.